The van der Waals surface area contributed by atoms with E-state index in [0.717, 1.165) is 5.56 Å². The molecule has 0 saturated carbocycles. The lowest BCUT2D eigenvalue weighted by molar-refractivity contribution is 0.0990. The maximum atomic E-state index is 12.1. The maximum absolute atomic E-state index is 12.1. The van der Waals surface area contributed by atoms with Crippen LogP contribution in [-0.4, -0.2) is 5.78 Å². The summed E-state index contributed by atoms with van der Waals surface area (Å²) in [5.41, 5.74) is 5.47. The summed E-state index contributed by atoms with van der Waals surface area (Å²) in [4.78, 5) is 12.1. The van der Waals surface area contributed by atoms with Gasteiger partial charge < -0.3 is 0 Å². The van der Waals surface area contributed by atoms with E-state index in [-0.39, 0.29) is 10.8 Å². The summed E-state index contributed by atoms with van der Waals surface area (Å²) in [6.45, 7) is 13.8. The zero-order valence-electron chi connectivity index (χ0n) is 12.9. The van der Waals surface area contributed by atoms with Gasteiger partial charge in [0.2, 0.25) is 0 Å². The van der Waals surface area contributed by atoms with Crippen molar-refractivity contribution in [1.82, 2.24) is 0 Å². The Balaban J connectivity index is 2.30. The quantitative estimate of drug-likeness (QED) is 0.664. The van der Waals surface area contributed by atoms with Crippen molar-refractivity contribution in [1.29, 1.82) is 0 Å². The molecule has 0 unspecified atom stereocenters. The first-order chi connectivity index (χ1) is 8.67. The maximum Gasteiger partial charge on any atom is 0.163 e. The van der Waals surface area contributed by atoms with Gasteiger partial charge in [0.1, 0.15) is 0 Å². The SMILES string of the molecule is C[C@@H]1C(C)(C)c2cc3c(cc2C1(C)C)[C@H](C)CC3=O. The van der Waals surface area contributed by atoms with Crippen molar-refractivity contribution in [3.05, 3.63) is 34.4 Å². The lowest BCUT2D eigenvalue weighted by atomic mass is 9.71. The van der Waals surface area contributed by atoms with E-state index >= 15 is 0 Å². The molecule has 0 N–H and O–H groups in total. The molecule has 0 fully saturated rings. The number of rotatable bonds is 0. The van der Waals surface area contributed by atoms with E-state index in [0.29, 0.717) is 24.0 Å². The molecular weight excluding hydrogens is 232 g/mol. The van der Waals surface area contributed by atoms with Crippen LogP contribution in [-0.2, 0) is 10.8 Å². The van der Waals surface area contributed by atoms with Gasteiger partial charge in [-0.25, -0.2) is 0 Å². The summed E-state index contributed by atoms with van der Waals surface area (Å²) >= 11 is 0. The Morgan fingerprint density at radius 1 is 1.00 bits per heavy atom. The first kappa shape index (κ1) is 12.9. The molecule has 0 amide bonds. The van der Waals surface area contributed by atoms with Gasteiger partial charge in [0.25, 0.3) is 0 Å². The van der Waals surface area contributed by atoms with E-state index in [1.165, 1.54) is 16.7 Å². The fourth-order valence-electron chi connectivity index (χ4n) is 4.20. The lowest BCUT2D eigenvalue weighted by Crippen LogP contribution is -2.30. The smallest absolute Gasteiger partial charge is 0.163 e. The predicted octanol–water partition coefficient (Wildman–Crippen LogP) is 4.58. The fraction of sp³-hybridized carbons (Fsp3) is 0.611. The third-order valence-corrected chi connectivity index (χ3v) is 6.07. The van der Waals surface area contributed by atoms with Crippen molar-refractivity contribution >= 4 is 5.78 Å². The summed E-state index contributed by atoms with van der Waals surface area (Å²) in [5.74, 6) is 1.31. The van der Waals surface area contributed by atoms with E-state index in [9.17, 15) is 4.79 Å². The molecule has 0 heterocycles. The highest BCUT2D eigenvalue weighted by Crippen LogP contribution is 2.55. The molecule has 1 nitrogen and oxygen atoms in total. The van der Waals surface area contributed by atoms with Gasteiger partial charge in [-0.2, -0.15) is 0 Å². The fourth-order valence-corrected chi connectivity index (χ4v) is 4.20. The molecule has 19 heavy (non-hydrogen) atoms. The number of Topliss-reactive ketones (excluding diaryl/α,β-unsaturated/α-hetero) is 1. The highest BCUT2D eigenvalue weighted by molar-refractivity contribution is 6.01. The zero-order chi connectivity index (χ0) is 14.2. The first-order valence-corrected chi connectivity index (χ1v) is 7.39. The molecule has 0 bridgehead atoms. The number of ketones is 1. The van der Waals surface area contributed by atoms with Crippen LogP contribution in [0.3, 0.4) is 0 Å². The van der Waals surface area contributed by atoms with Gasteiger partial charge in [0.15, 0.2) is 5.78 Å². The van der Waals surface area contributed by atoms with E-state index in [4.69, 9.17) is 0 Å². The van der Waals surface area contributed by atoms with Crippen molar-refractivity contribution in [3.63, 3.8) is 0 Å². The summed E-state index contributed by atoms with van der Waals surface area (Å²) in [6.07, 6.45) is 0.689. The van der Waals surface area contributed by atoms with Crippen LogP contribution in [0, 0.1) is 5.92 Å². The molecule has 1 heteroatoms. The second-order valence-electron chi connectivity index (χ2n) is 7.68. The van der Waals surface area contributed by atoms with E-state index in [2.05, 4.69) is 53.7 Å². The van der Waals surface area contributed by atoms with Crippen molar-refractivity contribution in [2.45, 2.75) is 64.7 Å². The van der Waals surface area contributed by atoms with Gasteiger partial charge in [0.05, 0.1) is 0 Å². The van der Waals surface area contributed by atoms with Gasteiger partial charge in [-0.3, -0.25) is 4.79 Å². The van der Waals surface area contributed by atoms with E-state index < -0.39 is 0 Å². The summed E-state index contributed by atoms with van der Waals surface area (Å²) in [7, 11) is 0. The Morgan fingerprint density at radius 3 is 2.11 bits per heavy atom. The van der Waals surface area contributed by atoms with Gasteiger partial charge in [-0.05, 0) is 45.4 Å². The minimum Gasteiger partial charge on any atom is -0.294 e. The molecule has 2 aliphatic rings. The van der Waals surface area contributed by atoms with Gasteiger partial charge in [0, 0.05) is 12.0 Å². The van der Waals surface area contributed by atoms with E-state index in [1.54, 1.807) is 0 Å². The minimum atomic E-state index is 0.153. The highest BCUT2D eigenvalue weighted by atomic mass is 16.1. The van der Waals surface area contributed by atoms with Gasteiger partial charge in [-0.1, -0.05) is 47.6 Å². The third kappa shape index (κ3) is 1.45. The second-order valence-corrected chi connectivity index (χ2v) is 7.68. The summed E-state index contributed by atoms with van der Waals surface area (Å²) < 4.78 is 0. The average molecular weight is 256 g/mol. The van der Waals surface area contributed by atoms with Crippen molar-refractivity contribution in [2.24, 2.45) is 5.92 Å². The van der Waals surface area contributed by atoms with Crippen LogP contribution in [0.2, 0.25) is 0 Å². The molecule has 2 atom stereocenters. The number of carbonyl (C=O) groups excluding carboxylic acids is 1. The molecule has 1 aromatic rings. The van der Waals surface area contributed by atoms with Crippen LogP contribution in [0.25, 0.3) is 0 Å². The molecule has 0 aromatic heterocycles. The number of carbonyl (C=O) groups is 1. The average Bonchev–Trinajstić information content (AvgIpc) is 2.67. The Hall–Kier alpha value is -1.11. The molecule has 0 aliphatic heterocycles. The monoisotopic (exact) mass is 256 g/mol. The molecule has 3 rings (SSSR count). The second kappa shape index (κ2) is 3.50. The first-order valence-electron chi connectivity index (χ1n) is 7.39. The van der Waals surface area contributed by atoms with Crippen molar-refractivity contribution in [2.75, 3.05) is 0 Å². The summed E-state index contributed by atoms with van der Waals surface area (Å²) in [6, 6.07) is 4.55. The lowest BCUT2D eigenvalue weighted by Gasteiger charge is -2.32. The highest BCUT2D eigenvalue weighted by Gasteiger charge is 2.49. The van der Waals surface area contributed by atoms with Crippen LogP contribution >= 0.6 is 0 Å². The van der Waals surface area contributed by atoms with Crippen molar-refractivity contribution in [3.8, 4) is 0 Å². The van der Waals surface area contributed by atoms with Crippen LogP contribution in [0.4, 0.5) is 0 Å². The van der Waals surface area contributed by atoms with Crippen LogP contribution in [0.1, 0.15) is 80.9 Å². The molecule has 102 valence electrons. The standard InChI is InChI=1S/C18H24O/c1-10-7-16(19)13-9-15-14(8-12(10)13)17(3,4)11(2)18(15,5)6/h8-11H,7H2,1-6H3/t10-,11+/m1/s1. The Kier molecular flexibility index (Phi) is 2.38. The number of hydrogen-bond acceptors (Lipinski definition) is 1. The largest absolute Gasteiger partial charge is 0.294 e. The minimum absolute atomic E-state index is 0.153. The molecule has 1 aromatic carbocycles. The topological polar surface area (TPSA) is 17.1 Å². The molecule has 0 spiro atoms. The van der Waals surface area contributed by atoms with Gasteiger partial charge >= 0.3 is 0 Å². The summed E-state index contributed by atoms with van der Waals surface area (Å²) in [5, 5.41) is 0. The molecule has 0 radical (unpaired) electrons. The third-order valence-electron chi connectivity index (χ3n) is 6.07. The van der Waals surface area contributed by atoms with E-state index in [1.807, 2.05) is 0 Å². The zero-order valence-corrected chi connectivity index (χ0v) is 12.9. The molecular formula is C18H24O. The van der Waals surface area contributed by atoms with Crippen LogP contribution < -0.4 is 0 Å². The van der Waals surface area contributed by atoms with Crippen LogP contribution in [0.5, 0.6) is 0 Å². The van der Waals surface area contributed by atoms with Gasteiger partial charge in [-0.15, -0.1) is 0 Å². The molecule has 2 aliphatic carbocycles. The Morgan fingerprint density at radius 2 is 1.53 bits per heavy atom. The predicted molar refractivity (Wildman–Crippen MR) is 79.0 cm³/mol. The normalized spacial score (nSPS) is 30.3. The number of hydrogen-bond donors (Lipinski definition) is 0. The number of fused-ring (bicyclic) bond motifs is 2. The number of benzene rings is 1. The van der Waals surface area contributed by atoms with Crippen LogP contribution in [0.15, 0.2) is 12.1 Å². The van der Waals surface area contributed by atoms with Crippen molar-refractivity contribution < 1.29 is 4.79 Å². The molecule has 0 saturated heterocycles. The Labute approximate surface area is 116 Å². The Bertz CT molecular complexity index is 578.